The third-order valence-corrected chi connectivity index (χ3v) is 6.68. The largest absolute Gasteiger partial charge is 0.497 e. The molecule has 4 rings (SSSR count). The zero-order valence-electron chi connectivity index (χ0n) is 19.4. The molecule has 1 aromatic heterocycles. The minimum atomic E-state index is -0.451. The minimum Gasteiger partial charge on any atom is -0.497 e. The van der Waals surface area contributed by atoms with E-state index in [0.717, 1.165) is 23.4 Å². The van der Waals surface area contributed by atoms with Gasteiger partial charge in [0.05, 0.1) is 29.0 Å². The number of hydrogen-bond donors (Lipinski definition) is 1. The molecule has 0 saturated heterocycles. The number of amides is 1. The second kappa shape index (κ2) is 10.6. The first-order valence-corrected chi connectivity index (χ1v) is 12.1. The van der Waals surface area contributed by atoms with E-state index >= 15 is 0 Å². The summed E-state index contributed by atoms with van der Waals surface area (Å²) in [4.78, 5) is 31.0. The smallest absolute Gasteiger partial charge is 0.266 e. The van der Waals surface area contributed by atoms with Gasteiger partial charge in [-0.1, -0.05) is 55.1 Å². The monoisotopic (exact) mass is 473 g/mol. The molecule has 0 aliphatic carbocycles. The van der Waals surface area contributed by atoms with Crippen molar-refractivity contribution >= 4 is 28.6 Å². The lowest BCUT2D eigenvalue weighted by Gasteiger charge is -2.17. The highest BCUT2D eigenvalue weighted by atomic mass is 32.2. The van der Waals surface area contributed by atoms with Gasteiger partial charge in [0.1, 0.15) is 5.75 Å². The van der Waals surface area contributed by atoms with Crippen LogP contribution in [0, 0.1) is 0 Å². The Bertz CT molecular complexity index is 1350. The Morgan fingerprint density at radius 2 is 1.71 bits per heavy atom. The van der Waals surface area contributed by atoms with E-state index in [-0.39, 0.29) is 11.5 Å². The number of ether oxygens (including phenoxy) is 1. The standard InChI is InChI=1S/C27H27N3O3S/c1-4-19-9-13-21(14-10-19)30-26(32)23-7-5-6-8-24(23)29-27(30)34-18(2)25(31)28-17-20-11-15-22(33-3)16-12-20/h5-16,18H,4,17H2,1-3H3,(H,28,31). The van der Waals surface area contributed by atoms with E-state index in [1.54, 1.807) is 17.7 Å². The first-order valence-electron chi connectivity index (χ1n) is 11.2. The molecule has 0 radical (unpaired) electrons. The molecule has 0 saturated carbocycles. The third-order valence-electron chi connectivity index (χ3n) is 5.62. The number of rotatable bonds is 8. The summed E-state index contributed by atoms with van der Waals surface area (Å²) < 4.78 is 6.77. The van der Waals surface area contributed by atoms with Crippen LogP contribution in [0.15, 0.2) is 82.7 Å². The molecule has 4 aromatic rings. The topological polar surface area (TPSA) is 73.2 Å². The van der Waals surface area contributed by atoms with Gasteiger partial charge in [-0.05, 0) is 60.9 Å². The Balaban J connectivity index is 1.60. The quantitative estimate of drug-likeness (QED) is 0.295. The SMILES string of the molecule is CCc1ccc(-n2c(SC(C)C(=O)NCc3ccc(OC)cc3)nc3ccccc3c2=O)cc1. The Morgan fingerprint density at radius 1 is 1.03 bits per heavy atom. The van der Waals surface area contributed by atoms with Crippen molar-refractivity contribution in [3.8, 4) is 11.4 Å². The summed E-state index contributed by atoms with van der Waals surface area (Å²) in [6, 6.07) is 22.7. The number of para-hydroxylation sites is 1. The Kier molecular flexibility index (Phi) is 7.33. The third kappa shape index (κ3) is 5.15. The molecule has 1 unspecified atom stereocenters. The molecule has 7 heteroatoms. The Labute approximate surface area is 203 Å². The number of aromatic nitrogens is 2. The van der Waals surface area contributed by atoms with Gasteiger partial charge in [-0.2, -0.15) is 0 Å². The number of fused-ring (bicyclic) bond motifs is 1. The molecule has 174 valence electrons. The molecule has 0 aliphatic rings. The van der Waals surface area contributed by atoms with Gasteiger partial charge in [-0.15, -0.1) is 0 Å². The number of benzene rings is 3. The van der Waals surface area contributed by atoms with Crippen molar-refractivity contribution in [1.29, 1.82) is 0 Å². The zero-order valence-corrected chi connectivity index (χ0v) is 20.3. The van der Waals surface area contributed by atoms with Gasteiger partial charge in [0.2, 0.25) is 5.91 Å². The van der Waals surface area contributed by atoms with Gasteiger partial charge in [0, 0.05) is 6.54 Å². The Morgan fingerprint density at radius 3 is 2.38 bits per heavy atom. The molecule has 6 nitrogen and oxygen atoms in total. The molecule has 1 amide bonds. The fourth-order valence-corrected chi connectivity index (χ4v) is 4.54. The second-order valence-corrected chi connectivity index (χ2v) is 9.21. The number of nitrogens with zero attached hydrogens (tertiary/aromatic N) is 2. The summed E-state index contributed by atoms with van der Waals surface area (Å²) in [5.74, 6) is 0.641. The van der Waals surface area contributed by atoms with Crippen LogP contribution in [-0.4, -0.2) is 27.8 Å². The first kappa shape index (κ1) is 23.6. The van der Waals surface area contributed by atoms with E-state index in [4.69, 9.17) is 9.72 Å². The van der Waals surface area contributed by atoms with Crippen LogP contribution in [0.4, 0.5) is 0 Å². The summed E-state index contributed by atoms with van der Waals surface area (Å²) in [5, 5.41) is 3.55. The maximum atomic E-state index is 13.4. The molecule has 34 heavy (non-hydrogen) atoms. The van der Waals surface area contributed by atoms with Gasteiger partial charge in [-0.25, -0.2) is 4.98 Å². The lowest BCUT2D eigenvalue weighted by Crippen LogP contribution is -2.31. The van der Waals surface area contributed by atoms with Crippen molar-refractivity contribution in [1.82, 2.24) is 14.9 Å². The highest BCUT2D eigenvalue weighted by Crippen LogP contribution is 2.25. The number of methoxy groups -OCH3 is 1. The van der Waals surface area contributed by atoms with Gasteiger partial charge < -0.3 is 10.1 Å². The van der Waals surface area contributed by atoms with Gasteiger partial charge in [0.15, 0.2) is 5.16 Å². The van der Waals surface area contributed by atoms with Gasteiger partial charge >= 0.3 is 0 Å². The van der Waals surface area contributed by atoms with E-state index in [0.29, 0.717) is 22.6 Å². The molecular weight excluding hydrogens is 446 g/mol. The van der Waals surface area contributed by atoms with Crippen LogP contribution in [0.1, 0.15) is 25.0 Å². The van der Waals surface area contributed by atoms with Crippen LogP contribution in [0.2, 0.25) is 0 Å². The van der Waals surface area contributed by atoms with Crippen LogP contribution < -0.4 is 15.6 Å². The van der Waals surface area contributed by atoms with Gasteiger partial charge in [-0.3, -0.25) is 14.2 Å². The lowest BCUT2D eigenvalue weighted by atomic mass is 10.1. The molecule has 1 N–H and O–H groups in total. The van der Waals surface area contributed by atoms with Crippen molar-refractivity contribution in [3.63, 3.8) is 0 Å². The van der Waals surface area contributed by atoms with Crippen molar-refractivity contribution in [2.24, 2.45) is 0 Å². The van der Waals surface area contributed by atoms with Crippen LogP contribution in [0.25, 0.3) is 16.6 Å². The highest BCUT2D eigenvalue weighted by molar-refractivity contribution is 8.00. The summed E-state index contributed by atoms with van der Waals surface area (Å²) >= 11 is 1.27. The van der Waals surface area contributed by atoms with Crippen molar-refractivity contribution in [2.45, 2.75) is 37.2 Å². The van der Waals surface area contributed by atoms with E-state index in [1.165, 1.54) is 17.3 Å². The normalized spacial score (nSPS) is 11.9. The molecule has 3 aromatic carbocycles. The number of nitrogens with one attached hydrogen (secondary N) is 1. The van der Waals surface area contributed by atoms with Crippen LogP contribution in [0.5, 0.6) is 5.75 Å². The van der Waals surface area contributed by atoms with E-state index in [2.05, 4.69) is 12.2 Å². The molecule has 0 aliphatic heterocycles. The van der Waals surface area contributed by atoms with E-state index < -0.39 is 5.25 Å². The summed E-state index contributed by atoms with van der Waals surface area (Å²) in [6.45, 7) is 4.32. The summed E-state index contributed by atoms with van der Waals surface area (Å²) in [7, 11) is 1.62. The zero-order chi connectivity index (χ0) is 24.1. The number of hydrogen-bond acceptors (Lipinski definition) is 5. The first-order chi connectivity index (χ1) is 16.5. The minimum absolute atomic E-state index is 0.129. The lowest BCUT2D eigenvalue weighted by molar-refractivity contribution is -0.120. The fraction of sp³-hybridized carbons (Fsp3) is 0.222. The van der Waals surface area contributed by atoms with Crippen molar-refractivity contribution < 1.29 is 9.53 Å². The molecule has 0 fully saturated rings. The van der Waals surface area contributed by atoms with Crippen LogP contribution in [0.3, 0.4) is 0 Å². The molecule has 1 atom stereocenters. The predicted octanol–water partition coefficient (Wildman–Crippen LogP) is 4.75. The Hall–Kier alpha value is -3.58. The van der Waals surface area contributed by atoms with Gasteiger partial charge in [0.25, 0.3) is 5.56 Å². The van der Waals surface area contributed by atoms with Crippen molar-refractivity contribution in [2.75, 3.05) is 7.11 Å². The predicted molar refractivity (Wildman–Crippen MR) is 137 cm³/mol. The molecular formula is C27H27N3O3S. The average Bonchev–Trinajstić information content (AvgIpc) is 2.88. The highest BCUT2D eigenvalue weighted by Gasteiger charge is 2.20. The second-order valence-electron chi connectivity index (χ2n) is 7.90. The number of carbonyl (C=O) groups is 1. The maximum absolute atomic E-state index is 13.4. The molecule has 0 spiro atoms. The van der Waals surface area contributed by atoms with E-state index in [1.807, 2.05) is 73.7 Å². The summed E-state index contributed by atoms with van der Waals surface area (Å²) in [5.41, 5.74) is 3.35. The molecule has 1 heterocycles. The summed E-state index contributed by atoms with van der Waals surface area (Å²) in [6.07, 6.45) is 0.915. The number of aryl methyl sites for hydroxylation is 1. The molecule has 0 bridgehead atoms. The van der Waals surface area contributed by atoms with Crippen LogP contribution in [-0.2, 0) is 17.8 Å². The fourth-order valence-electron chi connectivity index (χ4n) is 3.59. The average molecular weight is 474 g/mol. The number of carbonyl (C=O) groups excluding carboxylic acids is 1. The maximum Gasteiger partial charge on any atom is 0.266 e. The van der Waals surface area contributed by atoms with Crippen molar-refractivity contribution in [3.05, 3.63) is 94.3 Å². The van der Waals surface area contributed by atoms with Crippen LogP contribution >= 0.6 is 11.8 Å². The number of thioether (sulfide) groups is 1. The van der Waals surface area contributed by atoms with E-state index in [9.17, 15) is 9.59 Å².